The van der Waals surface area contributed by atoms with E-state index in [2.05, 4.69) is 20.3 Å². The van der Waals surface area contributed by atoms with Crippen molar-refractivity contribution < 1.29 is 50.3 Å². The lowest BCUT2D eigenvalue weighted by molar-refractivity contribution is -0.141. The maximum Gasteiger partial charge on any atom is 0.408 e. The van der Waals surface area contributed by atoms with E-state index in [-0.39, 0.29) is 54.2 Å². The smallest absolute Gasteiger partial charge is 0.408 e. The minimum atomic E-state index is -3.95. The number of hydrogen-bond donors (Lipinski definition) is 3. The molecule has 3 aliphatic carbocycles. The first-order chi connectivity index (χ1) is 28.4. The molecule has 312 valence electrons. The van der Waals surface area contributed by atoms with Gasteiger partial charge in [-0.25, -0.2) is 27.0 Å². The number of pyridine rings is 1. The summed E-state index contributed by atoms with van der Waals surface area (Å²) in [4.78, 5) is 62.3. The molecule has 1 saturated heterocycles. The Morgan fingerprint density at radius 1 is 0.932 bits per heavy atom. The van der Waals surface area contributed by atoms with Crippen LogP contribution in [0.5, 0.6) is 5.75 Å². The number of nitrogens with one attached hydrogen (secondary N) is 3. The molecule has 4 amide bonds. The first kappa shape index (κ1) is 39.2. The lowest BCUT2D eigenvalue weighted by Crippen LogP contribution is -2.58. The number of fused-ring (bicyclic) bond motifs is 6. The van der Waals surface area contributed by atoms with Crippen LogP contribution < -0.4 is 20.1 Å². The minimum Gasteiger partial charge on any atom is -0.484 e. The summed E-state index contributed by atoms with van der Waals surface area (Å²) in [5.41, 5.74) is -0.600. The van der Waals surface area contributed by atoms with Crippen LogP contribution in [-0.2, 0) is 29.1 Å². The number of benzene rings is 2. The highest BCUT2D eigenvalue weighted by Gasteiger charge is 2.62. The van der Waals surface area contributed by atoms with Gasteiger partial charge in [0.05, 0.1) is 17.3 Å². The second-order valence-electron chi connectivity index (χ2n) is 16.5. The van der Waals surface area contributed by atoms with Crippen LogP contribution >= 0.6 is 0 Å². The van der Waals surface area contributed by atoms with Crippen molar-refractivity contribution in [3.05, 3.63) is 60.2 Å². The number of hydrogen-bond acceptors (Lipinski definition) is 10. The molecule has 9 rings (SSSR count). The van der Waals surface area contributed by atoms with Crippen LogP contribution in [0.15, 0.2) is 53.0 Å². The SMILES string of the molecule is O=C(N[C@H]1CCCCCC=C[C@@H]2C[C@@]2(C(=O)NS(=O)(=O)C2CC2)NC(=O)[C@@H]2C[C@@H](Oc3c4cc(F)ccc4nc4c3oc3cc(F)ccc34)CN2C1=O)OC1CCCC1. The number of rotatable bonds is 7. The highest BCUT2D eigenvalue weighted by molar-refractivity contribution is 7.91. The number of furan rings is 1. The Hall–Kier alpha value is -5.32. The van der Waals surface area contributed by atoms with Crippen LogP contribution in [0, 0.1) is 17.6 Å². The highest BCUT2D eigenvalue weighted by atomic mass is 32.2. The summed E-state index contributed by atoms with van der Waals surface area (Å²) in [6.07, 6.45) is 9.05. The van der Waals surface area contributed by atoms with Gasteiger partial charge in [0.15, 0.2) is 11.3 Å². The number of carbonyl (C=O) groups is 4. The summed E-state index contributed by atoms with van der Waals surface area (Å²) in [6, 6.07) is 5.63. The Morgan fingerprint density at radius 2 is 1.69 bits per heavy atom. The zero-order chi connectivity index (χ0) is 41.1. The quantitative estimate of drug-likeness (QED) is 0.192. The van der Waals surface area contributed by atoms with Gasteiger partial charge in [-0.2, -0.15) is 0 Å². The predicted octanol–water partition coefficient (Wildman–Crippen LogP) is 5.80. The molecule has 3 saturated carbocycles. The molecule has 14 nitrogen and oxygen atoms in total. The van der Waals surface area contributed by atoms with E-state index in [4.69, 9.17) is 13.9 Å². The summed E-state index contributed by atoms with van der Waals surface area (Å²) in [6.45, 7) is -0.166. The highest BCUT2D eigenvalue weighted by Crippen LogP contribution is 2.46. The van der Waals surface area contributed by atoms with Crippen molar-refractivity contribution in [3.8, 4) is 5.75 Å². The van der Waals surface area contributed by atoms with E-state index in [1.54, 1.807) is 0 Å². The van der Waals surface area contributed by atoms with Gasteiger partial charge in [-0.1, -0.05) is 25.0 Å². The molecule has 0 unspecified atom stereocenters. The molecule has 0 bridgehead atoms. The minimum absolute atomic E-state index is 0.0741. The zero-order valence-corrected chi connectivity index (χ0v) is 33.0. The normalized spacial score (nSPS) is 26.8. The molecule has 59 heavy (non-hydrogen) atoms. The predicted molar refractivity (Wildman–Crippen MR) is 210 cm³/mol. The number of alkyl carbamates (subject to hydrolysis) is 1. The topological polar surface area (TPSA) is 186 Å². The molecule has 4 aromatic rings. The number of amides is 4. The summed E-state index contributed by atoms with van der Waals surface area (Å²) in [5, 5.41) is 5.68. The Kier molecular flexibility index (Phi) is 10.2. The first-order valence-corrected chi connectivity index (χ1v) is 22.0. The van der Waals surface area contributed by atoms with Gasteiger partial charge in [0, 0.05) is 29.2 Å². The fourth-order valence-electron chi connectivity index (χ4n) is 8.82. The van der Waals surface area contributed by atoms with Crippen molar-refractivity contribution >= 4 is 66.8 Å². The Balaban J connectivity index is 1.07. The third kappa shape index (κ3) is 7.80. The molecule has 4 fully saturated rings. The van der Waals surface area contributed by atoms with Crippen molar-refractivity contribution in [1.82, 2.24) is 25.2 Å². The maximum atomic E-state index is 14.8. The Labute approximate surface area is 338 Å². The van der Waals surface area contributed by atoms with E-state index < -0.39 is 80.4 Å². The number of nitrogens with zero attached hydrogens (tertiary/aromatic N) is 2. The van der Waals surface area contributed by atoms with Crippen molar-refractivity contribution in [3.63, 3.8) is 0 Å². The molecule has 17 heteroatoms. The fourth-order valence-corrected chi connectivity index (χ4v) is 10.2. The molecular weight excluding hydrogens is 789 g/mol. The molecule has 3 N–H and O–H groups in total. The largest absolute Gasteiger partial charge is 0.484 e. The summed E-state index contributed by atoms with van der Waals surface area (Å²) >= 11 is 0. The van der Waals surface area contributed by atoms with E-state index in [9.17, 15) is 36.4 Å². The van der Waals surface area contributed by atoms with Crippen molar-refractivity contribution in [2.24, 2.45) is 5.92 Å². The van der Waals surface area contributed by atoms with E-state index in [0.717, 1.165) is 38.5 Å². The van der Waals surface area contributed by atoms with E-state index in [0.29, 0.717) is 42.1 Å². The Morgan fingerprint density at radius 3 is 2.49 bits per heavy atom. The second-order valence-corrected chi connectivity index (χ2v) is 18.5. The zero-order valence-electron chi connectivity index (χ0n) is 32.2. The van der Waals surface area contributed by atoms with Crippen molar-refractivity contribution in [2.75, 3.05) is 6.54 Å². The van der Waals surface area contributed by atoms with Gasteiger partial charge in [-0.3, -0.25) is 19.1 Å². The van der Waals surface area contributed by atoms with Gasteiger partial charge < -0.3 is 29.4 Å². The third-order valence-corrected chi connectivity index (χ3v) is 14.1. The summed E-state index contributed by atoms with van der Waals surface area (Å²) in [5.74, 6) is -3.67. The van der Waals surface area contributed by atoms with Gasteiger partial charge in [-0.15, -0.1) is 0 Å². The molecule has 4 heterocycles. The lowest BCUT2D eigenvalue weighted by Gasteiger charge is -2.30. The molecule has 2 aromatic heterocycles. The lowest BCUT2D eigenvalue weighted by atomic mass is 10.0. The number of allylic oxidation sites excluding steroid dienone is 1. The van der Waals surface area contributed by atoms with Crippen molar-refractivity contribution in [1.29, 1.82) is 0 Å². The molecular formula is C42H45F2N5O9S. The standard InChI is InChI=1S/C42H45F2N5O9S/c43-24-13-17-31-30(18-24)36(37-35(45-31)29-16-12-25(44)19-34(29)58-37)56-27-20-33-38(50)47-42(40(52)48-59(54,55)28-14-15-28)21-23(42)8-4-2-1-3-5-11-32(39(51)49(33)22-27)46-41(53)57-26-9-6-7-10-26/h4,8,12-13,16-19,23,26-28,32-33H,1-3,5-7,9-11,14-15,20-22H2,(H,46,53)(H,47,50)(H,48,52)/t23-,27-,32+,33+,42-/m1/s1. The van der Waals surface area contributed by atoms with Gasteiger partial charge in [0.1, 0.15) is 52.6 Å². The summed E-state index contributed by atoms with van der Waals surface area (Å²) in [7, 11) is -3.95. The van der Waals surface area contributed by atoms with Crippen LogP contribution in [0.4, 0.5) is 13.6 Å². The van der Waals surface area contributed by atoms with E-state index >= 15 is 0 Å². The number of aromatic nitrogens is 1. The van der Waals surface area contributed by atoms with Crippen LogP contribution in [-0.4, -0.2) is 83.7 Å². The van der Waals surface area contributed by atoms with E-state index in [1.807, 2.05) is 12.2 Å². The third-order valence-electron chi connectivity index (χ3n) is 12.3. The van der Waals surface area contributed by atoms with Crippen molar-refractivity contribution in [2.45, 2.75) is 119 Å². The number of sulfonamides is 1. The average Bonchev–Trinajstić information content (AvgIpc) is 4.01. The van der Waals surface area contributed by atoms with Crippen LogP contribution in [0.3, 0.4) is 0 Å². The van der Waals surface area contributed by atoms with Gasteiger partial charge in [0.25, 0.3) is 5.91 Å². The summed E-state index contributed by atoms with van der Waals surface area (Å²) < 4.78 is 75.5. The monoisotopic (exact) mass is 833 g/mol. The Bertz CT molecular complexity index is 2500. The van der Waals surface area contributed by atoms with Gasteiger partial charge in [-0.05, 0) is 94.5 Å². The van der Waals surface area contributed by atoms with E-state index in [1.165, 1.54) is 41.3 Å². The van der Waals surface area contributed by atoms with Gasteiger partial charge >= 0.3 is 6.09 Å². The maximum absolute atomic E-state index is 14.8. The van der Waals surface area contributed by atoms with Gasteiger partial charge in [0.2, 0.25) is 21.8 Å². The molecule has 5 atom stereocenters. The van der Waals surface area contributed by atoms with Crippen LogP contribution in [0.1, 0.15) is 83.5 Å². The second kappa shape index (κ2) is 15.4. The molecule has 2 aliphatic heterocycles. The first-order valence-electron chi connectivity index (χ1n) is 20.5. The van der Waals surface area contributed by atoms with Crippen LogP contribution in [0.25, 0.3) is 33.0 Å². The molecule has 0 spiro atoms. The molecule has 5 aliphatic rings. The fraction of sp³-hybridized carbons (Fsp3) is 0.500. The molecule has 0 radical (unpaired) electrons. The average molecular weight is 834 g/mol. The number of carbonyl (C=O) groups excluding carboxylic acids is 4. The van der Waals surface area contributed by atoms with Crippen LogP contribution in [0.2, 0.25) is 0 Å². The number of halogens is 2. The molecule has 2 aromatic carbocycles. The number of ether oxygens (including phenoxy) is 2.